The Kier molecular flexibility index (Phi) is 7.96. The van der Waals surface area contributed by atoms with Crippen LogP contribution in [-0.2, 0) is 10.8 Å². The van der Waals surface area contributed by atoms with Gasteiger partial charge < -0.3 is 9.47 Å². The summed E-state index contributed by atoms with van der Waals surface area (Å²) in [5.74, 6) is 0. The summed E-state index contributed by atoms with van der Waals surface area (Å²) in [6.45, 7) is 9.51. The number of nitrogens with zero attached hydrogens (tertiary/aromatic N) is 2. The molecule has 2 heteroatoms. The number of hydrogen-bond donors (Lipinski definition) is 0. The first-order valence-corrected chi connectivity index (χ1v) is 21.9. The van der Waals surface area contributed by atoms with E-state index in [1.165, 1.54) is 94.4 Å². The molecular formula is C60H46N2. The highest BCUT2D eigenvalue weighted by molar-refractivity contribution is 6.12. The largest absolute Gasteiger partial charge is 0.310 e. The number of aromatic nitrogens is 1. The number of anilines is 3. The summed E-state index contributed by atoms with van der Waals surface area (Å²) in [6, 6.07) is 76.6. The van der Waals surface area contributed by atoms with Gasteiger partial charge in [-0.05, 0) is 86.5 Å². The van der Waals surface area contributed by atoms with Crippen molar-refractivity contribution in [1.82, 2.24) is 4.57 Å². The third kappa shape index (κ3) is 5.23. The molecule has 12 rings (SSSR count). The summed E-state index contributed by atoms with van der Waals surface area (Å²) in [5.41, 5.74) is 22.2. The van der Waals surface area contributed by atoms with Gasteiger partial charge in [-0.3, -0.25) is 0 Å². The topological polar surface area (TPSA) is 8.17 Å². The molecule has 62 heavy (non-hydrogen) atoms. The molecule has 0 spiro atoms. The van der Waals surface area contributed by atoms with Crippen LogP contribution in [0.1, 0.15) is 49.9 Å². The minimum absolute atomic E-state index is 0.138. The van der Waals surface area contributed by atoms with Gasteiger partial charge in [0.15, 0.2) is 0 Å². The van der Waals surface area contributed by atoms with E-state index in [0.29, 0.717) is 0 Å². The third-order valence-corrected chi connectivity index (χ3v) is 14.0. The lowest BCUT2D eigenvalue weighted by Gasteiger charge is -2.30. The van der Waals surface area contributed by atoms with Gasteiger partial charge in [0.25, 0.3) is 0 Å². The van der Waals surface area contributed by atoms with E-state index in [0.717, 1.165) is 16.9 Å². The molecule has 0 aliphatic heterocycles. The summed E-state index contributed by atoms with van der Waals surface area (Å²) in [6.07, 6.45) is 0. The molecule has 1 heterocycles. The van der Waals surface area contributed by atoms with Crippen molar-refractivity contribution in [2.45, 2.75) is 38.5 Å². The fourth-order valence-electron chi connectivity index (χ4n) is 11.0. The van der Waals surface area contributed by atoms with E-state index >= 15 is 0 Å². The molecule has 10 aromatic rings. The minimum Gasteiger partial charge on any atom is -0.310 e. The quantitative estimate of drug-likeness (QED) is 0.163. The molecule has 0 fully saturated rings. The second kappa shape index (κ2) is 13.5. The molecule has 2 aliphatic rings. The SMILES string of the molecule is CC1(C)c2ccccc2-c2ccc(N(c3ccc4c5ccccc5n(-c5c(-c6ccccc6)cccc5-c5ccccc5)c4c3)c3cccc4c3-c3ccccc3C4(C)C)cc21. The van der Waals surface area contributed by atoms with Crippen LogP contribution in [0.15, 0.2) is 206 Å². The fourth-order valence-corrected chi connectivity index (χ4v) is 11.0. The second-order valence-corrected chi connectivity index (χ2v) is 18.1. The molecule has 296 valence electrons. The Morgan fingerprint density at radius 1 is 0.355 bits per heavy atom. The van der Waals surface area contributed by atoms with Crippen molar-refractivity contribution < 1.29 is 0 Å². The molecule has 0 amide bonds. The van der Waals surface area contributed by atoms with E-state index in [9.17, 15) is 0 Å². The normalized spacial score (nSPS) is 14.1. The first-order valence-electron chi connectivity index (χ1n) is 21.9. The van der Waals surface area contributed by atoms with Gasteiger partial charge in [0, 0.05) is 49.7 Å². The summed E-state index contributed by atoms with van der Waals surface area (Å²) in [4.78, 5) is 2.54. The molecule has 2 nitrogen and oxygen atoms in total. The smallest absolute Gasteiger partial charge is 0.0618 e. The van der Waals surface area contributed by atoms with Crippen LogP contribution < -0.4 is 4.90 Å². The van der Waals surface area contributed by atoms with E-state index in [1.54, 1.807) is 0 Å². The van der Waals surface area contributed by atoms with Gasteiger partial charge in [0.05, 0.1) is 22.4 Å². The molecule has 0 unspecified atom stereocenters. The van der Waals surface area contributed by atoms with Crippen molar-refractivity contribution in [2.24, 2.45) is 0 Å². The zero-order chi connectivity index (χ0) is 41.7. The first kappa shape index (κ1) is 36.4. The van der Waals surface area contributed by atoms with E-state index < -0.39 is 0 Å². The zero-order valence-electron chi connectivity index (χ0n) is 35.5. The fraction of sp³-hybridized carbons (Fsp3) is 0.100. The Balaban J connectivity index is 1.17. The minimum atomic E-state index is -0.147. The maximum Gasteiger partial charge on any atom is 0.0618 e. The van der Waals surface area contributed by atoms with Gasteiger partial charge in [-0.2, -0.15) is 0 Å². The molecule has 0 saturated carbocycles. The van der Waals surface area contributed by atoms with E-state index in [4.69, 9.17) is 0 Å². The number of para-hydroxylation sites is 2. The Morgan fingerprint density at radius 3 is 1.58 bits per heavy atom. The highest BCUT2D eigenvalue weighted by Gasteiger charge is 2.39. The van der Waals surface area contributed by atoms with Crippen molar-refractivity contribution in [3.63, 3.8) is 0 Å². The monoisotopic (exact) mass is 794 g/mol. The van der Waals surface area contributed by atoms with Crippen molar-refractivity contribution in [2.75, 3.05) is 4.90 Å². The number of hydrogen-bond acceptors (Lipinski definition) is 1. The Bertz CT molecular complexity index is 3350. The Morgan fingerprint density at radius 2 is 0.855 bits per heavy atom. The predicted molar refractivity (Wildman–Crippen MR) is 261 cm³/mol. The van der Waals surface area contributed by atoms with Crippen LogP contribution in [0, 0.1) is 0 Å². The number of benzene rings is 9. The number of rotatable bonds is 6. The van der Waals surface area contributed by atoms with Gasteiger partial charge in [-0.25, -0.2) is 0 Å². The van der Waals surface area contributed by atoms with Crippen molar-refractivity contribution in [3.8, 4) is 50.2 Å². The zero-order valence-corrected chi connectivity index (χ0v) is 35.5. The Hall–Kier alpha value is -7.42. The van der Waals surface area contributed by atoms with Gasteiger partial charge in [0.2, 0.25) is 0 Å². The van der Waals surface area contributed by atoms with Crippen LogP contribution in [0.3, 0.4) is 0 Å². The first-order chi connectivity index (χ1) is 30.3. The predicted octanol–water partition coefficient (Wildman–Crippen LogP) is 16.2. The molecular weight excluding hydrogens is 749 g/mol. The molecule has 0 N–H and O–H groups in total. The molecule has 2 aliphatic carbocycles. The van der Waals surface area contributed by atoms with Gasteiger partial charge in [-0.1, -0.05) is 198 Å². The lowest BCUT2D eigenvalue weighted by molar-refractivity contribution is 0.660. The molecule has 0 radical (unpaired) electrons. The molecule has 0 bridgehead atoms. The molecule has 0 saturated heterocycles. The highest BCUT2D eigenvalue weighted by atomic mass is 15.1. The van der Waals surface area contributed by atoms with Gasteiger partial charge >= 0.3 is 0 Å². The van der Waals surface area contributed by atoms with Crippen LogP contribution in [0.25, 0.3) is 72.0 Å². The summed E-state index contributed by atoms with van der Waals surface area (Å²) in [7, 11) is 0. The lowest BCUT2D eigenvalue weighted by Crippen LogP contribution is -2.17. The van der Waals surface area contributed by atoms with Gasteiger partial charge in [0.1, 0.15) is 0 Å². The molecule has 9 aromatic carbocycles. The number of fused-ring (bicyclic) bond motifs is 9. The van der Waals surface area contributed by atoms with Crippen molar-refractivity contribution in [1.29, 1.82) is 0 Å². The highest BCUT2D eigenvalue weighted by Crippen LogP contribution is 2.56. The van der Waals surface area contributed by atoms with Crippen LogP contribution in [0.2, 0.25) is 0 Å². The summed E-state index contributed by atoms with van der Waals surface area (Å²) >= 11 is 0. The lowest BCUT2D eigenvalue weighted by atomic mass is 9.82. The second-order valence-electron chi connectivity index (χ2n) is 18.1. The van der Waals surface area contributed by atoms with Crippen LogP contribution in [0.5, 0.6) is 0 Å². The Labute approximate surface area is 364 Å². The maximum absolute atomic E-state index is 2.54. The summed E-state index contributed by atoms with van der Waals surface area (Å²) < 4.78 is 2.54. The van der Waals surface area contributed by atoms with E-state index in [-0.39, 0.29) is 10.8 Å². The summed E-state index contributed by atoms with van der Waals surface area (Å²) in [5, 5.41) is 2.46. The molecule has 0 atom stereocenters. The average Bonchev–Trinajstić information content (AvgIpc) is 3.86. The molecule has 1 aromatic heterocycles. The van der Waals surface area contributed by atoms with Crippen molar-refractivity contribution in [3.05, 3.63) is 229 Å². The van der Waals surface area contributed by atoms with Crippen molar-refractivity contribution >= 4 is 38.9 Å². The maximum atomic E-state index is 2.54. The van der Waals surface area contributed by atoms with E-state index in [2.05, 4.69) is 243 Å². The van der Waals surface area contributed by atoms with Crippen LogP contribution >= 0.6 is 0 Å². The average molecular weight is 795 g/mol. The van der Waals surface area contributed by atoms with Crippen LogP contribution in [-0.4, -0.2) is 4.57 Å². The standard InChI is InChI=1S/C60H46N2/c1-59(2)51-29-15-12-25-49(51)57-52(59)30-18-32-55(57)61(41-33-35-46-45-23-11-14-28-50(45)60(3,4)53(46)37-41)42-34-36-48-47-24-13-16-31-54(47)62(56(48)38-42)58-43(39-19-7-5-8-20-39)26-17-27-44(58)40-21-9-6-10-22-40/h5-38H,1-4H3. The van der Waals surface area contributed by atoms with Crippen LogP contribution in [0.4, 0.5) is 17.1 Å². The van der Waals surface area contributed by atoms with E-state index in [1.807, 2.05) is 0 Å². The van der Waals surface area contributed by atoms with Gasteiger partial charge in [-0.15, -0.1) is 0 Å². The third-order valence-electron chi connectivity index (χ3n) is 14.0.